The van der Waals surface area contributed by atoms with Crippen LogP contribution < -0.4 is 5.69 Å². The van der Waals surface area contributed by atoms with Crippen molar-refractivity contribution < 1.29 is 9.59 Å². The molecule has 1 aliphatic heterocycles. The molecule has 1 saturated heterocycles. The molecule has 140 valence electrons. The zero-order valence-corrected chi connectivity index (χ0v) is 15.7. The first-order chi connectivity index (χ1) is 12.4. The molecular formula is C19H26N4O3. The molecule has 2 aromatic rings. The average Bonchev–Trinajstić information content (AvgIpc) is 2.89. The topological polar surface area (TPSA) is 67.6 Å². The Balaban J connectivity index is 1.71. The maximum atomic E-state index is 12.8. The largest absolute Gasteiger partial charge is 0.339 e. The van der Waals surface area contributed by atoms with Crippen molar-refractivity contribution in [1.29, 1.82) is 0 Å². The molecule has 0 atom stereocenters. The highest BCUT2D eigenvalue weighted by atomic mass is 16.2. The third kappa shape index (κ3) is 3.25. The Labute approximate surface area is 152 Å². The summed E-state index contributed by atoms with van der Waals surface area (Å²) < 4.78 is 3.13. The molecule has 1 aromatic carbocycles. The Bertz CT molecular complexity index is 888. The molecule has 0 spiro atoms. The van der Waals surface area contributed by atoms with Gasteiger partial charge in [-0.1, -0.05) is 13.3 Å². The lowest BCUT2D eigenvalue weighted by molar-refractivity contribution is -0.132. The fraction of sp³-hybridized carbons (Fsp3) is 0.526. The number of imidazole rings is 1. The van der Waals surface area contributed by atoms with E-state index in [9.17, 15) is 14.4 Å². The highest BCUT2D eigenvalue weighted by Gasteiger charge is 2.25. The lowest BCUT2D eigenvalue weighted by atomic mass is 10.1. The van der Waals surface area contributed by atoms with Crippen LogP contribution in [0.25, 0.3) is 11.0 Å². The molecule has 1 aliphatic rings. The lowest BCUT2D eigenvalue weighted by Gasteiger charge is -2.35. The number of piperazine rings is 1. The van der Waals surface area contributed by atoms with E-state index in [0.29, 0.717) is 38.2 Å². The zero-order chi connectivity index (χ0) is 18.8. The minimum absolute atomic E-state index is 0.0520. The molecule has 3 rings (SSSR count). The first-order valence-electron chi connectivity index (χ1n) is 9.16. The van der Waals surface area contributed by atoms with Gasteiger partial charge >= 0.3 is 5.69 Å². The van der Waals surface area contributed by atoms with Gasteiger partial charge in [0.05, 0.1) is 11.0 Å². The maximum absolute atomic E-state index is 12.8. The highest BCUT2D eigenvalue weighted by molar-refractivity contribution is 5.97. The predicted octanol–water partition coefficient (Wildman–Crippen LogP) is 1.35. The van der Waals surface area contributed by atoms with Crippen LogP contribution in [0, 0.1) is 0 Å². The Morgan fingerprint density at radius 3 is 2.23 bits per heavy atom. The van der Waals surface area contributed by atoms with Crippen molar-refractivity contribution in [2.75, 3.05) is 26.2 Å². The number of benzene rings is 1. The van der Waals surface area contributed by atoms with E-state index in [0.717, 1.165) is 23.9 Å². The molecular weight excluding hydrogens is 332 g/mol. The molecule has 0 N–H and O–H groups in total. The third-order valence-corrected chi connectivity index (χ3v) is 5.18. The summed E-state index contributed by atoms with van der Waals surface area (Å²) in [6, 6.07) is 5.36. The molecule has 2 amide bonds. The summed E-state index contributed by atoms with van der Waals surface area (Å²) in [7, 11) is 3.43. The highest BCUT2D eigenvalue weighted by Crippen LogP contribution is 2.17. The van der Waals surface area contributed by atoms with E-state index in [1.807, 2.05) is 11.0 Å². The van der Waals surface area contributed by atoms with Crippen LogP contribution in [-0.2, 0) is 18.9 Å². The van der Waals surface area contributed by atoms with E-state index in [-0.39, 0.29) is 17.5 Å². The molecule has 0 bridgehead atoms. The average molecular weight is 358 g/mol. The minimum atomic E-state index is -0.108. The normalized spacial score (nSPS) is 14.9. The summed E-state index contributed by atoms with van der Waals surface area (Å²) in [4.78, 5) is 40.6. The molecule has 2 heterocycles. The Morgan fingerprint density at radius 2 is 1.58 bits per heavy atom. The van der Waals surface area contributed by atoms with Crippen molar-refractivity contribution in [3.05, 3.63) is 34.2 Å². The Kier molecular flexibility index (Phi) is 5.15. The van der Waals surface area contributed by atoms with Gasteiger partial charge < -0.3 is 9.80 Å². The molecule has 7 heteroatoms. The smallest absolute Gasteiger partial charge is 0.328 e. The van der Waals surface area contributed by atoms with E-state index >= 15 is 0 Å². The van der Waals surface area contributed by atoms with Gasteiger partial charge in [0.1, 0.15) is 0 Å². The van der Waals surface area contributed by atoms with Crippen LogP contribution >= 0.6 is 0 Å². The van der Waals surface area contributed by atoms with Crippen molar-refractivity contribution in [3.8, 4) is 0 Å². The van der Waals surface area contributed by atoms with Crippen LogP contribution in [0.15, 0.2) is 23.0 Å². The third-order valence-electron chi connectivity index (χ3n) is 5.18. The van der Waals surface area contributed by atoms with Gasteiger partial charge in [0.15, 0.2) is 0 Å². The SMILES string of the molecule is CCCCC(=O)N1CCN(C(=O)c2ccc3c(c2)n(C)c(=O)n3C)CC1. The van der Waals surface area contributed by atoms with Crippen LogP contribution in [0.1, 0.15) is 36.5 Å². The van der Waals surface area contributed by atoms with Crippen molar-refractivity contribution in [1.82, 2.24) is 18.9 Å². The predicted molar refractivity (Wildman–Crippen MR) is 100 cm³/mol. The van der Waals surface area contributed by atoms with Gasteiger partial charge in [-0.2, -0.15) is 0 Å². The summed E-state index contributed by atoms with van der Waals surface area (Å²) >= 11 is 0. The molecule has 7 nitrogen and oxygen atoms in total. The Morgan fingerprint density at radius 1 is 0.962 bits per heavy atom. The molecule has 1 fully saturated rings. The second-order valence-corrected chi connectivity index (χ2v) is 6.88. The first kappa shape index (κ1) is 18.2. The second kappa shape index (κ2) is 7.35. The molecule has 26 heavy (non-hydrogen) atoms. The van der Waals surface area contributed by atoms with E-state index in [1.54, 1.807) is 40.3 Å². The van der Waals surface area contributed by atoms with Crippen LogP contribution in [-0.4, -0.2) is 56.9 Å². The first-order valence-corrected chi connectivity index (χ1v) is 9.16. The van der Waals surface area contributed by atoms with Gasteiger partial charge in [-0.3, -0.25) is 18.7 Å². The molecule has 0 saturated carbocycles. The van der Waals surface area contributed by atoms with Gasteiger partial charge in [0.2, 0.25) is 5.91 Å². The van der Waals surface area contributed by atoms with Gasteiger partial charge in [-0.05, 0) is 24.6 Å². The number of unbranched alkanes of at least 4 members (excludes halogenated alkanes) is 1. The number of amides is 2. The van der Waals surface area contributed by atoms with E-state index < -0.39 is 0 Å². The summed E-state index contributed by atoms with van der Waals surface area (Å²) in [6.45, 7) is 4.33. The number of nitrogens with zero attached hydrogens (tertiary/aromatic N) is 4. The fourth-order valence-corrected chi connectivity index (χ4v) is 3.47. The quantitative estimate of drug-likeness (QED) is 0.829. The Hall–Kier alpha value is -2.57. The van der Waals surface area contributed by atoms with Gasteiger partial charge in [0, 0.05) is 52.3 Å². The fourth-order valence-electron chi connectivity index (χ4n) is 3.47. The number of carbonyl (C=O) groups is 2. The van der Waals surface area contributed by atoms with Crippen LogP contribution in [0.5, 0.6) is 0 Å². The van der Waals surface area contributed by atoms with Crippen LogP contribution in [0.3, 0.4) is 0 Å². The van der Waals surface area contributed by atoms with Crippen molar-refractivity contribution >= 4 is 22.8 Å². The van der Waals surface area contributed by atoms with Gasteiger partial charge in [-0.15, -0.1) is 0 Å². The number of hydrogen-bond acceptors (Lipinski definition) is 3. The molecule has 0 unspecified atom stereocenters. The molecule has 1 aromatic heterocycles. The van der Waals surface area contributed by atoms with Crippen LogP contribution in [0.2, 0.25) is 0 Å². The van der Waals surface area contributed by atoms with E-state index in [2.05, 4.69) is 6.92 Å². The summed E-state index contributed by atoms with van der Waals surface area (Å²) in [6.07, 6.45) is 2.51. The second-order valence-electron chi connectivity index (χ2n) is 6.88. The number of carbonyl (C=O) groups excluding carboxylic acids is 2. The van der Waals surface area contributed by atoms with Gasteiger partial charge in [0.25, 0.3) is 5.91 Å². The number of fused-ring (bicyclic) bond motifs is 1. The maximum Gasteiger partial charge on any atom is 0.328 e. The minimum Gasteiger partial charge on any atom is -0.339 e. The summed E-state index contributed by atoms with van der Waals surface area (Å²) in [5, 5.41) is 0. The monoisotopic (exact) mass is 358 g/mol. The van der Waals surface area contributed by atoms with E-state index in [4.69, 9.17) is 0 Å². The summed E-state index contributed by atoms with van der Waals surface area (Å²) in [5.41, 5.74) is 2.02. The lowest BCUT2D eigenvalue weighted by Crippen LogP contribution is -2.50. The number of aromatic nitrogens is 2. The van der Waals surface area contributed by atoms with E-state index in [1.165, 1.54) is 0 Å². The van der Waals surface area contributed by atoms with Gasteiger partial charge in [-0.25, -0.2) is 4.79 Å². The number of hydrogen-bond donors (Lipinski definition) is 0. The van der Waals surface area contributed by atoms with Crippen molar-refractivity contribution in [3.63, 3.8) is 0 Å². The molecule has 0 aliphatic carbocycles. The van der Waals surface area contributed by atoms with Crippen molar-refractivity contribution in [2.24, 2.45) is 14.1 Å². The number of aryl methyl sites for hydroxylation is 2. The number of rotatable bonds is 4. The molecule has 0 radical (unpaired) electrons. The standard InChI is InChI=1S/C19H26N4O3/c1-4-5-6-17(24)22-9-11-23(12-10-22)18(25)14-7-8-15-16(13-14)21(3)19(26)20(15)2/h7-8,13H,4-6,9-12H2,1-3H3. The summed E-state index contributed by atoms with van der Waals surface area (Å²) in [5.74, 6) is 0.128. The van der Waals surface area contributed by atoms with Crippen molar-refractivity contribution in [2.45, 2.75) is 26.2 Å². The van der Waals surface area contributed by atoms with Crippen LogP contribution in [0.4, 0.5) is 0 Å². The zero-order valence-electron chi connectivity index (χ0n) is 15.7.